The monoisotopic (exact) mass is 363 g/mol. The molecule has 27 heavy (non-hydrogen) atoms. The van der Waals surface area contributed by atoms with E-state index in [1.54, 1.807) is 13.3 Å². The molecule has 0 aliphatic heterocycles. The number of carbonyl (C=O) groups is 1. The van der Waals surface area contributed by atoms with Crippen molar-refractivity contribution >= 4 is 5.91 Å². The van der Waals surface area contributed by atoms with Crippen LogP contribution in [0.1, 0.15) is 35.0 Å². The summed E-state index contributed by atoms with van der Waals surface area (Å²) in [4.78, 5) is 17.1. The number of ether oxygens (including phenoxy) is 1. The Hall–Kier alpha value is -3.08. The van der Waals surface area contributed by atoms with Crippen molar-refractivity contribution in [3.8, 4) is 5.75 Å². The molecule has 3 aromatic rings. The summed E-state index contributed by atoms with van der Waals surface area (Å²) in [5.41, 5.74) is 3.34. The lowest BCUT2D eigenvalue weighted by Gasteiger charge is -2.19. The molecule has 0 saturated heterocycles. The van der Waals surface area contributed by atoms with Crippen LogP contribution < -0.4 is 10.1 Å². The number of nitrogens with zero attached hydrogens (tertiary/aromatic N) is 2. The maximum absolute atomic E-state index is 12.6. The molecule has 1 heterocycles. The minimum absolute atomic E-state index is 0.000300. The molecule has 5 heteroatoms. The highest BCUT2D eigenvalue weighted by molar-refractivity contribution is 5.77. The van der Waals surface area contributed by atoms with Crippen LogP contribution in [0.2, 0.25) is 0 Å². The quantitative estimate of drug-likeness (QED) is 0.698. The van der Waals surface area contributed by atoms with Crippen LogP contribution in [0.4, 0.5) is 0 Å². The average molecular weight is 363 g/mol. The Kier molecular flexibility index (Phi) is 5.91. The van der Waals surface area contributed by atoms with Crippen LogP contribution in [-0.2, 0) is 18.3 Å². The molecule has 1 aromatic heterocycles. The molecule has 1 atom stereocenters. The first-order chi connectivity index (χ1) is 13.1. The molecule has 5 nitrogen and oxygen atoms in total. The maximum Gasteiger partial charge on any atom is 0.221 e. The first-order valence-corrected chi connectivity index (χ1v) is 9.03. The molecule has 0 radical (unpaired) electrons. The summed E-state index contributed by atoms with van der Waals surface area (Å²) in [5.74, 6) is 1.58. The summed E-state index contributed by atoms with van der Waals surface area (Å²) < 4.78 is 7.16. The Balaban J connectivity index is 1.74. The second-order valence-corrected chi connectivity index (χ2v) is 6.66. The molecule has 0 aliphatic carbocycles. The predicted octanol–water partition coefficient (Wildman–Crippen LogP) is 3.58. The van der Waals surface area contributed by atoms with Crippen molar-refractivity contribution in [3.63, 3.8) is 0 Å². The van der Waals surface area contributed by atoms with Gasteiger partial charge in [-0.25, -0.2) is 4.98 Å². The van der Waals surface area contributed by atoms with E-state index in [4.69, 9.17) is 4.74 Å². The van der Waals surface area contributed by atoms with E-state index in [-0.39, 0.29) is 11.9 Å². The van der Waals surface area contributed by atoms with Crippen molar-refractivity contribution in [2.45, 2.75) is 25.8 Å². The zero-order valence-corrected chi connectivity index (χ0v) is 16.0. The first kappa shape index (κ1) is 18.7. The fourth-order valence-corrected chi connectivity index (χ4v) is 3.11. The molecule has 1 amide bonds. The van der Waals surface area contributed by atoms with Gasteiger partial charge in [0, 0.05) is 25.9 Å². The van der Waals surface area contributed by atoms with Crippen molar-refractivity contribution < 1.29 is 9.53 Å². The van der Waals surface area contributed by atoms with Crippen LogP contribution in [0, 0.1) is 6.92 Å². The van der Waals surface area contributed by atoms with Crippen LogP contribution in [0.3, 0.4) is 0 Å². The molecular weight excluding hydrogens is 338 g/mol. The number of nitrogens with one attached hydrogen (secondary N) is 1. The number of imidazole rings is 1. The van der Waals surface area contributed by atoms with E-state index >= 15 is 0 Å². The Labute approximate surface area is 160 Å². The van der Waals surface area contributed by atoms with E-state index in [9.17, 15) is 4.79 Å². The molecule has 0 aliphatic rings. The molecule has 2 aromatic carbocycles. The zero-order chi connectivity index (χ0) is 19.2. The number of rotatable bonds is 7. The van der Waals surface area contributed by atoms with Gasteiger partial charge in [0.2, 0.25) is 5.91 Å². The summed E-state index contributed by atoms with van der Waals surface area (Å²) in [6.45, 7) is 2.06. The molecule has 0 bridgehead atoms. The van der Waals surface area contributed by atoms with Gasteiger partial charge in [0.25, 0.3) is 0 Å². The van der Waals surface area contributed by atoms with E-state index < -0.39 is 0 Å². The number of aromatic nitrogens is 2. The van der Waals surface area contributed by atoms with Crippen LogP contribution in [0.5, 0.6) is 5.75 Å². The lowest BCUT2D eigenvalue weighted by atomic mass is 10.0. The standard InChI is InChI=1S/C22H25N3O2/c1-16-5-4-6-17(15-16)7-12-20(26)24-21(22-23-13-14-25(22)2)18-8-10-19(27-3)11-9-18/h4-6,8-11,13-15,21H,7,12H2,1-3H3,(H,24,26). The van der Waals surface area contributed by atoms with Gasteiger partial charge in [-0.2, -0.15) is 0 Å². The fraction of sp³-hybridized carbons (Fsp3) is 0.273. The van der Waals surface area contributed by atoms with Crippen molar-refractivity contribution in [3.05, 3.63) is 83.4 Å². The Morgan fingerprint density at radius 3 is 2.63 bits per heavy atom. The first-order valence-electron chi connectivity index (χ1n) is 9.03. The van der Waals surface area contributed by atoms with Crippen LogP contribution in [0.15, 0.2) is 60.9 Å². The average Bonchev–Trinajstić information content (AvgIpc) is 3.10. The summed E-state index contributed by atoms with van der Waals surface area (Å²) >= 11 is 0. The number of hydrogen-bond acceptors (Lipinski definition) is 3. The number of hydrogen-bond donors (Lipinski definition) is 1. The van der Waals surface area contributed by atoms with Gasteiger partial charge in [-0.3, -0.25) is 4.79 Å². The molecule has 3 rings (SSSR count). The van der Waals surface area contributed by atoms with Gasteiger partial charge in [0.1, 0.15) is 17.6 Å². The molecular formula is C22H25N3O2. The highest BCUT2D eigenvalue weighted by Crippen LogP contribution is 2.23. The highest BCUT2D eigenvalue weighted by Gasteiger charge is 2.20. The van der Waals surface area contributed by atoms with Crippen LogP contribution in [0.25, 0.3) is 0 Å². The van der Waals surface area contributed by atoms with Gasteiger partial charge in [0.05, 0.1) is 7.11 Å². The van der Waals surface area contributed by atoms with E-state index in [0.717, 1.165) is 17.1 Å². The Morgan fingerprint density at radius 1 is 1.22 bits per heavy atom. The summed E-state index contributed by atoms with van der Waals surface area (Å²) in [6.07, 6.45) is 4.76. The minimum Gasteiger partial charge on any atom is -0.497 e. The van der Waals surface area contributed by atoms with E-state index in [0.29, 0.717) is 12.8 Å². The normalized spacial score (nSPS) is 11.8. The third kappa shape index (κ3) is 4.76. The van der Waals surface area contributed by atoms with Crippen molar-refractivity contribution in [1.82, 2.24) is 14.9 Å². The maximum atomic E-state index is 12.6. The van der Waals surface area contributed by atoms with Gasteiger partial charge in [0.15, 0.2) is 0 Å². The molecule has 1 N–H and O–H groups in total. The van der Waals surface area contributed by atoms with Gasteiger partial charge < -0.3 is 14.6 Å². The molecule has 0 spiro atoms. The van der Waals surface area contributed by atoms with Crippen molar-refractivity contribution in [2.24, 2.45) is 7.05 Å². The molecule has 140 valence electrons. The summed E-state index contributed by atoms with van der Waals surface area (Å²) in [6, 6.07) is 15.7. The van der Waals surface area contributed by atoms with Gasteiger partial charge >= 0.3 is 0 Å². The van der Waals surface area contributed by atoms with Crippen molar-refractivity contribution in [1.29, 1.82) is 0 Å². The molecule has 0 saturated carbocycles. The molecule has 0 fully saturated rings. The summed E-state index contributed by atoms with van der Waals surface area (Å²) in [5, 5.41) is 3.14. The second-order valence-electron chi connectivity index (χ2n) is 6.66. The minimum atomic E-state index is -0.305. The summed E-state index contributed by atoms with van der Waals surface area (Å²) in [7, 11) is 3.57. The van der Waals surface area contributed by atoms with E-state index in [2.05, 4.69) is 35.4 Å². The van der Waals surface area contributed by atoms with Crippen LogP contribution >= 0.6 is 0 Å². The Morgan fingerprint density at radius 2 is 2.00 bits per heavy atom. The lowest BCUT2D eigenvalue weighted by Crippen LogP contribution is -2.31. The van der Waals surface area contributed by atoms with E-state index in [1.165, 1.54) is 11.1 Å². The van der Waals surface area contributed by atoms with Crippen molar-refractivity contribution in [2.75, 3.05) is 7.11 Å². The number of carbonyl (C=O) groups excluding carboxylic acids is 1. The lowest BCUT2D eigenvalue weighted by molar-refractivity contribution is -0.121. The smallest absolute Gasteiger partial charge is 0.221 e. The molecule has 1 unspecified atom stereocenters. The van der Waals surface area contributed by atoms with E-state index in [1.807, 2.05) is 48.1 Å². The van der Waals surface area contributed by atoms with Crippen LogP contribution in [-0.4, -0.2) is 22.6 Å². The number of amides is 1. The number of aryl methyl sites for hydroxylation is 3. The van der Waals surface area contributed by atoms with Gasteiger partial charge in [-0.05, 0) is 36.6 Å². The van der Waals surface area contributed by atoms with Gasteiger partial charge in [-0.15, -0.1) is 0 Å². The third-order valence-electron chi connectivity index (χ3n) is 4.59. The SMILES string of the molecule is COc1ccc(C(NC(=O)CCc2cccc(C)c2)c2nccn2C)cc1. The second kappa shape index (κ2) is 8.54. The highest BCUT2D eigenvalue weighted by atomic mass is 16.5. The topological polar surface area (TPSA) is 56.1 Å². The third-order valence-corrected chi connectivity index (χ3v) is 4.59. The fourth-order valence-electron chi connectivity index (χ4n) is 3.11. The Bertz CT molecular complexity index is 900. The predicted molar refractivity (Wildman–Crippen MR) is 106 cm³/mol. The largest absolute Gasteiger partial charge is 0.497 e. The number of methoxy groups -OCH3 is 1. The number of benzene rings is 2. The zero-order valence-electron chi connectivity index (χ0n) is 16.0. The van der Waals surface area contributed by atoms with Gasteiger partial charge in [-0.1, -0.05) is 42.0 Å².